The van der Waals surface area contributed by atoms with Gasteiger partial charge in [-0.15, -0.1) is 0 Å². The topological polar surface area (TPSA) is 20.3 Å². The van der Waals surface area contributed by atoms with Crippen molar-refractivity contribution in [2.45, 2.75) is 57.4 Å². The molecule has 3 heteroatoms. The molecule has 0 N–H and O–H groups in total. The van der Waals surface area contributed by atoms with Gasteiger partial charge in [-0.2, -0.15) is 0 Å². The summed E-state index contributed by atoms with van der Waals surface area (Å²) in [5, 5.41) is 0. The Morgan fingerprint density at radius 1 is 1.04 bits per heavy atom. The van der Waals surface area contributed by atoms with Gasteiger partial charge in [-0.25, -0.2) is 4.39 Å². The second-order valence-electron chi connectivity index (χ2n) is 8.88. The third-order valence-corrected chi connectivity index (χ3v) is 7.27. The summed E-state index contributed by atoms with van der Waals surface area (Å²) in [5.41, 5.74) is 0.607. The van der Waals surface area contributed by atoms with Crippen LogP contribution in [0.3, 0.4) is 0 Å². The quantitative estimate of drug-likeness (QED) is 0.770. The van der Waals surface area contributed by atoms with Crippen LogP contribution in [-0.4, -0.2) is 17.4 Å². The Bertz CT molecular complexity index is 634. The first-order chi connectivity index (χ1) is 11.6. The van der Waals surface area contributed by atoms with Crippen molar-refractivity contribution >= 4 is 5.91 Å². The molecule has 24 heavy (non-hydrogen) atoms. The van der Waals surface area contributed by atoms with Crippen LogP contribution in [0.4, 0.5) is 4.39 Å². The summed E-state index contributed by atoms with van der Waals surface area (Å²) >= 11 is 0. The lowest BCUT2D eigenvalue weighted by Gasteiger charge is -2.56. The van der Waals surface area contributed by atoms with E-state index in [9.17, 15) is 9.18 Å². The summed E-state index contributed by atoms with van der Waals surface area (Å²) in [6, 6.07) is 6.97. The van der Waals surface area contributed by atoms with Gasteiger partial charge in [-0.05, 0) is 75.2 Å². The number of carbonyl (C=O) groups excluding carboxylic acids is 1. The minimum Gasteiger partial charge on any atom is -0.335 e. The van der Waals surface area contributed by atoms with E-state index < -0.39 is 0 Å². The molecule has 0 radical (unpaired) electrons. The molecule has 0 unspecified atom stereocenters. The molecule has 0 spiro atoms. The van der Waals surface area contributed by atoms with Gasteiger partial charge in [-0.1, -0.05) is 18.2 Å². The smallest absolute Gasteiger partial charge is 0.229 e. The van der Waals surface area contributed by atoms with Crippen LogP contribution in [0.15, 0.2) is 24.3 Å². The highest BCUT2D eigenvalue weighted by Gasteiger charge is 2.56. The summed E-state index contributed by atoms with van der Waals surface area (Å²) in [4.78, 5) is 15.6. The predicted molar refractivity (Wildman–Crippen MR) is 90.7 cm³/mol. The monoisotopic (exact) mass is 327 g/mol. The molecule has 4 saturated carbocycles. The fraction of sp³-hybridized carbons (Fsp3) is 0.667. The van der Waals surface area contributed by atoms with Crippen LogP contribution in [-0.2, 0) is 4.79 Å². The van der Waals surface area contributed by atoms with Crippen LogP contribution in [0, 0.1) is 29.0 Å². The molecule has 128 valence electrons. The van der Waals surface area contributed by atoms with E-state index in [1.807, 2.05) is 17.0 Å². The first-order valence-corrected chi connectivity index (χ1v) is 9.70. The number of benzene rings is 1. The zero-order valence-electron chi connectivity index (χ0n) is 14.2. The second-order valence-corrected chi connectivity index (χ2v) is 8.88. The molecule has 1 saturated heterocycles. The molecule has 0 aromatic heterocycles. The predicted octanol–water partition coefficient (Wildman–Crippen LogP) is 4.71. The Morgan fingerprint density at radius 2 is 1.67 bits per heavy atom. The van der Waals surface area contributed by atoms with Gasteiger partial charge in [0.05, 0.1) is 11.5 Å². The van der Waals surface area contributed by atoms with E-state index in [2.05, 4.69) is 0 Å². The standard InChI is InChI=1S/C21H26FNO/c22-18-5-2-1-4-17(18)19-6-3-7-23(19)20(24)21-11-14-8-15(12-21)10-16(9-14)13-21/h1-2,4-5,14-16,19H,3,6-13H2/t14?,15?,16?,19-,21?/m1/s1. The van der Waals surface area contributed by atoms with Crippen LogP contribution in [0.1, 0.15) is 63.0 Å². The highest BCUT2D eigenvalue weighted by molar-refractivity contribution is 5.84. The van der Waals surface area contributed by atoms with Crippen molar-refractivity contribution < 1.29 is 9.18 Å². The van der Waals surface area contributed by atoms with Crippen molar-refractivity contribution in [2.75, 3.05) is 6.54 Å². The van der Waals surface area contributed by atoms with Crippen molar-refractivity contribution in [1.82, 2.24) is 4.90 Å². The van der Waals surface area contributed by atoms with Crippen molar-refractivity contribution in [3.63, 3.8) is 0 Å². The number of rotatable bonds is 2. The van der Waals surface area contributed by atoms with Crippen molar-refractivity contribution in [1.29, 1.82) is 0 Å². The zero-order valence-corrected chi connectivity index (χ0v) is 14.2. The molecule has 5 fully saturated rings. The molecule has 2 nitrogen and oxygen atoms in total. The summed E-state index contributed by atoms with van der Waals surface area (Å²) in [7, 11) is 0. The van der Waals surface area contributed by atoms with E-state index in [0.29, 0.717) is 11.5 Å². The first-order valence-electron chi connectivity index (χ1n) is 9.70. The highest BCUT2D eigenvalue weighted by atomic mass is 19.1. The average Bonchev–Trinajstić information content (AvgIpc) is 3.02. The molecular weight excluding hydrogens is 301 g/mol. The highest BCUT2D eigenvalue weighted by Crippen LogP contribution is 2.61. The Kier molecular flexibility index (Phi) is 3.30. The van der Waals surface area contributed by atoms with E-state index in [0.717, 1.165) is 56.4 Å². The molecular formula is C21H26FNO. The fourth-order valence-corrected chi connectivity index (χ4v) is 6.76. The molecule has 1 aliphatic heterocycles. The number of halogens is 1. The maximum atomic E-state index is 14.3. The zero-order chi connectivity index (χ0) is 16.3. The Hall–Kier alpha value is -1.38. The third kappa shape index (κ3) is 2.16. The summed E-state index contributed by atoms with van der Waals surface area (Å²) in [5.74, 6) is 2.51. The van der Waals surface area contributed by atoms with Gasteiger partial charge in [0.15, 0.2) is 0 Å². The van der Waals surface area contributed by atoms with E-state index in [-0.39, 0.29) is 17.3 Å². The SMILES string of the molecule is O=C(N1CCC[C@@H]1c1ccccc1F)C12CC3CC(CC(C3)C1)C2. The van der Waals surface area contributed by atoms with Gasteiger partial charge in [0.1, 0.15) is 5.82 Å². The number of hydrogen-bond acceptors (Lipinski definition) is 1. The van der Waals surface area contributed by atoms with Crippen LogP contribution in [0.2, 0.25) is 0 Å². The number of amides is 1. The molecule has 1 aromatic carbocycles. The van der Waals surface area contributed by atoms with Gasteiger partial charge in [0, 0.05) is 12.1 Å². The maximum absolute atomic E-state index is 14.3. The van der Waals surface area contributed by atoms with Crippen molar-refractivity contribution in [3.05, 3.63) is 35.6 Å². The van der Waals surface area contributed by atoms with Gasteiger partial charge in [0.25, 0.3) is 0 Å². The Balaban J connectivity index is 1.45. The van der Waals surface area contributed by atoms with E-state index >= 15 is 0 Å². The van der Waals surface area contributed by atoms with Gasteiger partial charge >= 0.3 is 0 Å². The Labute approximate surface area is 143 Å². The molecule has 1 atom stereocenters. The number of likely N-dealkylation sites (tertiary alicyclic amines) is 1. The van der Waals surface area contributed by atoms with E-state index in [1.165, 1.54) is 25.3 Å². The summed E-state index contributed by atoms with van der Waals surface area (Å²) in [6.45, 7) is 0.805. The molecule has 4 aliphatic carbocycles. The molecule has 4 bridgehead atoms. The van der Waals surface area contributed by atoms with Crippen molar-refractivity contribution in [3.8, 4) is 0 Å². The number of nitrogens with zero attached hydrogens (tertiary/aromatic N) is 1. The minimum absolute atomic E-state index is 0.0493. The van der Waals surface area contributed by atoms with Crippen LogP contribution < -0.4 is 0 Å². The van der Waals surface area contributed by atoms with Gasteiger partial charge in [-0.3, -0.25) is 4.79 Å². The molecule has 1 aromatic rings. The normalized spacial score (nSPS) is 40.3. The maximum Gasteiger partial charge on any atom is 0.229 e. The fourth-order valence-electron chi connectivity index (χ4n) is 6.76. The molecule has 6 rings (SSSR count). The van der Waals surface area contributed by atoms with Gasteiger partial charge in [0.2, 0.25) is 5.91 Å². The number of hydrogen-bond donors (Lipinski definition) is 0. The molecule has 1 amide bonds. The second kappa shape index (κ2) is 5.31. The lowest BCUT2D eigenvalue weighted by Crippen LogP contribution is -2.54. The van der Waals surface area contributed by atoms with E-state index in [1.54, 1.807) is 6.07 Å². The average molecular weight is 327 g/mol. The van der Waals surface area contributed by atoms with Gasteiger partial charge < -0.3 is 4.90 Å². The lowest BCUT2D eigenvalue weighted by molar-refractivity contribution is -0.158. The summed E-state index contributed by atoms with van der Waals surface area (Å²) in [6.07, 6.45) is 9.24. The number of carbonyl (C=O) groups is 1. The molecule has 5 aliphatic rings. The third-order valence-electron chi connectivity index (χ3n) is 7.27. The minimum atomic E-state index is -0.160. The van der Waals surface area contributed by atoms with Crippen molar-refractivity contribution in [2.24, 2.45) is 23.2 Å². The van der Waals surface area contributed by atoms with Crippen LogP contribution in [0.5, 0.6) is 0 Å². The summed E-state index contributed by atoms with van der Waals surface area (Å²) < 4.78 is 14.3. The first kappa shape index (κ1) is 14.9. The van der Waals surface area contributed by atoms with Crippen LogP contribution >= 0.6 is 0 Å². The lowest BCUT2D eigenvalue weighted by atomic mass is 9.49. The van der Waals surface area contributed by atoms with Crippen LogP contribution in [0.25, 0.3) is 0 Å². The van der Waals surface area contributed by atoms with E-state index in [4.69, 9.17) is 0 Å². The Morgan fingerprint density at radius 3 is 2.29 bits per heavy atom. The largest absolute Gasteiger partial charge is 0.335 e. The molecule has 1 heterocycles.